The molecule has 5 unspecified atom stereocenters. The normalized spacial score (nSPS) is 19.5. The second-order valence-corrected chi connectivity index (χ2v) is 16.6. The Morgan fingerprint density at radius 3 is 1.98 bits per heavy atom. The zero-order valence-electron chi connectivity index (χ0n) is 38.4. The number of rotatable bonds is 16. The fraction of sp³-hybridized carbons (Fsp3) is 0.705. The molecule has 0 aromatic heterocycles. The monoisotopic (exact) mass is 853 g/mol. The maximum Gasteiger partial charge on any atom is 0.408 e. The van der Waals surface area contributed by atoms with Gasteiger partial charge in [0.2, 0.25) is 35.8 Å². The zero-order valence-corrected chi connectivity index (χ0v) is 38.4. The minimum absolute atomic E-state index is 0.0113. The first-order chi connectivity index (χ1) is 28.1. The molecule has 60 heavy (non-hydrogen) atoms. The predicted molar refractivity (Wildman–Crippen MR) is 229 cm³/mol. The van der Waals surface area contributed by atoms with Crippen LogP contribution in [0.2, 0.25) is 0 Å². The lowest BCUT2D eigenvalue weighted by Gasteiger charge is -2.37. The average molecular weight is 853 g/mol. The first kappa shape index (κ1) is 55.5. The third-order valence-corrected chi connectivity index (χ3v) is 10.2. The highest BCUT2D eigenvalue weighted by Gasteiger charge is 2.53. The van der Waals surface area contributed by atoms with E-state index in [1.54, 1.807) is 55.8 Å². The van der Waals surface area contributed by atoms with Crippen LogP contribution in [0.4, 0.5) is 13.6 Å². The first-order valence-electron chi connectivity index (χ1n) is 21.1. The number of benzene rings is 1. The van der Waals surface area contributed by atoms with Crippen LogP contribution >= 0.6 is 0 Å². The summed E-state index contributed by atoms with van der Waals surface area (Å²) in [6.45, 7) is 21.3. The Morgan fingerprint density at radius 2 is 1.50 bits per heavy atom. The van der Waals surface area contributed by atoms with Gasteiger partial charge in [-0.3, -0.25) is 28.8 Å². The summed E-state index contributed by atoms with van der Waals surface area (Å²) in [6.07, 6.45) is -2.44. The summed E-state index contributed by atoms with van der Waals surface area (Å²) in [4.78, 5) is 90.0. The number of halogens is 2. The van der Waals surface area contributed by atoms with Gasteiger partial charge >= 0.3 is 6.09 Å². The number of nitrogens with one attached hydrogen (secondary N) is 4. The smallest absolute Gasteiger partial charge is 0.408 e. The summed E-state index contributed by atoms with van der Waals surface area (Å²) in [5.74, 6) is -2.30. The maximum atomic E-state index is 13.9. The summed E-state index contributed by atoms with van der Waals surface area (Å²) in [5.41, 5.74) is -0.691. The molecule has 0 spiro atoms. The van der Waals surface area contributed by atoms with Gasteiger partial charge in [-0.15, -0.1) is 0 Å². The Morgan fingerprint density at radius 1 is 0.917 bits per heavy atom. The van der Waals surface area contributed by atoms with Crippen molar-refractivity contribution in [1.82, 2.24) is 31.1 Å². The Balaban J connectivity index is 0.00000132. The Hall–Kier alpha value is -4.47. The van der Waals surface area contributed by atoms with Gasteiger partial charge < -0.3 is 35.8 Å². The van der Waals surface area contributed by atoms with Gasteiger partial charge in [-0.25, -0.2) is 13.6 Å². The minimum Gasteiger partial charge on any atom is -0.444 e. The second kappa shape index (κ2) is 26.7. The van der Waals surface area contributed by atoms with Crippen LogP contribution in [0.15, 0.2) is 30.3 Å². The van der Waals surface area contributed by atoms with Crippen molar-refractivity contribution in [3.05, 3.63) is 35.9 Å². The Kier molecular flexibility index (Phi) is 24.7. The van der Waals surface area contributed by atoms with Crippen molar-refractivity contribution in [2.75, 3.05) is 34.2 Å². The number of carbonyl (C=O) groups excluding carboxylic acids is 7. The predicted octanol–water partition coefficient (Wildman–Crippen LogP) is 5.69. The number of ketones is 1. The van der Waals surface area contributed by atoms with Gasteiger partial charge in [0.1, 0.15) is 23.7 Å². The molecule has 7 atom stereocenters. The van der Waals surface area contributed by atoms with Crippen LogP contribution in [0, 0.1) is 23.2 Å². The van der Waals surface area contributed by atoms with E-state index >= 15 is 0 Å². The Labute approximate surface area is 357 Å². The van der Waals surface area contributed by atoms with E-state index in [2.05, 4.69) is 28.2 Å². The fourth-order valence-electron chi connectivity index (χ4n) is 6.97. The standard InChI is InChI=1S/C27H43F2N3O6.C13H19N3O2.2C2H6/c1-8-27(6,7)38-25(37)31-22(26(3,4)5)24(36)32-13-16-11-15(2)12-17(16)21(32)23(35)30-18(19(34)14-33)9-10-20(28)29;1-14-9-11(17)15-12(13(18)16(2)3)10-7-5-4-6-8-10;2*1-2/h14-18,20-22H,8-13H2,1-7H3,(H,30,35)(H,31,37);4-8,12,14H,9H2,1-3H3,(H,15,17);2*1-2H3/t15?,16-,17-,18?,21?,22?;;;/m0.../s1. The number of likely N-dealkylation sites (tertiary alicyclic amines) is 1. The summed E-state index contributed by atoms with van der Waals surface area (Å²) in [6, 6.07) is 5.20. The number of carbonyl (C=O) groups is 7. The number of alkyl carbamates (subject to hydrolysis) is 1. The van der Waals surface area contributed by atoms with Crippen LogP contribution in [-0.4, -0.2) is 116 Å². The van der Waals surface area contributed by atoms with Crippen LogP contribution in [0.25, 0.3) is 0 Å². The molecule has 1 saturated carbocycles. The number of nitrogens with zero attached hydrogens (tertiary/aromatic N) is 2. The second-order valence-electron chi connectivity index (χ2n) is 16.6. The molecule has 1 aliphatic heterocycles. The van der Waals surface area contributed by atoms with Gasteiger partial charge in [0.25, 0.3) is 0 Å². The molecule has 5 amide bonds. The zero-order chi connectivity index (χ0) is 46.5. The summed E-state index contributed by atoms with van der Waals surface area (Å²) >= 11 is 0. The van der Waals surface area contributed by atoms with E-state index in [1.807, 2.05) is 65.0 Å². The van der Waals surface area contributed by atoms with Crippen LogP contribution in [0.1, 0.15) is 120 Å². The van der Waals surface area contributed by atoms with Crippen LogP contribution < -0.4 is 21.3 Å². The van der Waals surface area contributed by atoms with E-state index in [0.717, 1.165) is 12.0 Å². The maximum absolute atomic E-state index is 13.9. The molecular weight excluding hydrogens is 779 g/mol. The molecular formula is C44H74F2N6O8. The van der Waals surface area contributed by atoms with Crippen LogP contribution in [0.3, 0.4) is 0 Å². The number of alkyl halides is 2. The number of ether oxygens (including phenoxy) is 1. The number of aldehydes is 1. The third kappa shape index (κ3) is 17.6. The molecule has 16 heteroatoms. The number of fused-ring (bicyclic) bond motifs is 1. The summed E-state index contributed by atoms with van der Waals surface area (Å²) in [5, 5.41) is 10.6. The highest BCUT2D eigenvalue weighted by atomic mass is 19.3. The van der Waals surface area contributed by atoms with E-state index < -0.39 is 78.1 Å². The van der Waals surface area contributed by atoms with Crippen molar-refractivity contribution in [3.63, 3.8) is 0 Å². The highest BCUT2D eigenvalue weighted by molar-refractivity contribution is 6.28. The van der Waals surface area contributed by atoms with Gasteiger partial charge in [-0.05, 0) is 75.3 Å². The van der Waals surface area contributed by atoms with E-state index in [9.17, 15) is 42.3 Å². The molecule has 1 heterocycles. The topological polar surface area (TPSA) is 183 Å². The van der Waals surface area contributed by atoms with Crippen LogP contribution in [0.5, 0.6) is 0 Å². The molecule has 342 valence electrons. The van der Waals surface area contributed by atoms with Crippen LogP contribution in [-0.2, 0) is 33.5 Å². The van der Waals surface area contributed by atoms with E-state index in [0.29, 0.717) is 25.3 Å². The molecule has 1 saturated heterocycles. The number of Topliss-reactive ketones (excluding diaryl/α,β-unsaturated/α-hetero) is 1. The van der Waals surface area contributed by atoms with Crippen molar-refractivity contribution >= 4 is 41.8 Å². The van der Waals surface area contributed by atoms with Gasteiger partial charge in [0.05, 0.1) is 12.6 Å². The molecule has 3 rings (SSSR count). The SMILES string of the molecule is CC.CC.CCC(C)(C)OC(=O)NC(C(=O)N1C[C@@H]2CC(C)C[C@@H]2C1C(=O)NC(CCC(F)F)C(=O)C=O)C(C)(C)C.CNCC(=O)NC(C(=O)N(C)C)c1ccccc1. The number of hydrogen-bond donors (Lipinski definition) is 4. The first-order valence-corrected chi connectivity index (χ1v) is 21.1. The lowest BCUT2D eigenvalue weighted by atomic mass is 9.85. The van der Waals surface area contributed by atoms with Gasteiger partial charge in [0.15, 0.2) is 6.29 Å². The van der Waals surface area contributed by atoms with Crippen molar-refractivity contribution in [2.24, 2.45) is 23.2 Å². The van der Waals surface area contributed by atoms with Crippen molar-refractivity contribution in [2.45, 2.75) is 144 Å². The molecule has 1 aromatic rings. The van der Waals surface area contributed by atoms with Crippen molar-refractivity contribution in [3.8, 4) is 0 Å². The lowest BCUT2D eigenvalue weighted by Crippen LogP contribution is -2.60. The minimum atomic E-state index is -2.70. The summed E-state index contributed by atoms with van der Waals surface area (Å²) < 4.78 is 31.1. The van der Waals surface area contributed by atoms with E-state index in [-0.39, 0.29) is 36.5 Å². The lowest BCUT2D eigenvalue weighted by molar-refractivity contribution is -0.144. The molecule has 4 N–H and O–H groups in total. The molecule has 0 radical (unpaired) electrons. The molecule has 1 aliphatic carbocycles. The molecule has 2 fully saturated rings. The Bertz CT molecular complexity index is 1520. The van der Waals surface area contributed by atoms with Gasteiger partial charge in [-0.1, -0.05) is 92.6 Å². The fourth-order valence-corrected chi connectivity index (χ4v) is 6.97. The number of hydrogen-bond acceptors (Lipinski definition) is 9. The molecule has 1 aromatic carbocycles. The van der Waals surface area contributed by atoms with Gasteiger partial charge in [0, 0.05) is 27.1 Å². The average Bonchev–Trinajstić information content (AvgIpc) is 3.74. The molecule has 14 nitrogen and oxygen atoms in total. The van der Waals surface area contributed by atoms with Gasteiger partial charge in [-0.2, -0.15) is 0 Å². The third-order valence-electron chi connectivity index (χ3n) is 10.2. The largest absolute Gasteiger partial charge is 0.444 e. The van der Waals surface area contributed by atoms with Crippen molar-refractivity contribution < 1.29 is 47.1 Å². The highest BCUT2D eigenvalue weighted by Crippen LogP contribution is 2.46. The quantitative estimate of drug-likeness (QED) is 0.120. The van der Waals surface area contributed by atoms with E-state index in [4.69, 9.17) is 4.74 Å². The number of amides is 5. The summed E-state index contributed by atoms with van der Waals surface area (Å²) in [7, 11) is 5.02. The molecule has 2 aliphatic rings. The van der Waals surface area contributed by atoms with Crippen molar-refractivity contribution in [1.29, 1.82) is 0 Å². The van der Waals surface area contributed by atoms with E-state index in [1.165, 1.54) is 9.80 Å². The molecule has 0 bridgehead atoms. The number of likely N-dealkylation sites (N-methyl/N-ethyl adjacent to an activating group) is 2.